The minimum absolute atomic E-state index is 0.518. The van der Waals surface area contributed by atoms with Crippen molar-refractivity contribution in [3.63, 3.8) is 0 Å². The summed E-state index contributed by atoms with van der Waals surface area (Å²) in [7, 11) is 1.33. The molecule has 0 spiro atoms. The monoisotopic (exact) mass is 577 g/mol. The summed E-state index contributed by atoms with van der Waals surface area (Å²) in [4.78, 5) is 26.6. The first-order chi connectivity index (χ1) is 18.6. The van der Waals surface area contributed by atoms with Crippen molar-refractivity contribution >= 4 is 27.7 Å². The number of amides is 1. The smallest absolute Gasteiger partial charge is 0.411 e. The number of morpholine rings is 1. The van der Waals surface area contributed by atoms with Gasteiger partial charge in [0.2, 0.25) is 0 Å². The van der Waals surface area contributed by atoms with Crippen LogP contribution in [-0.4, -0.2) is 72.5 Å². The number of methoxy groups -OCH3 is 1. The number of pyridine rings is 1. The van der Waals surface area contributed by atoms with Crippen molar-refractivity contribution in [2.45, 2.75) is 0 Å². The zero-order valence-electron chi connectivity index (χ0n) is 20.9. The van der Waals surface area contributed by atoms with Gasteiger partial charge in [0.15, 0.2) is 0 Å². The zero-order chi connectivity index (χ0) is 26.3. The van der Waals surface area contributed by atoms with E-state index < -0.39 is 6.09 Å². The molecule has 196 valence electrons. The highest BCUT2D eigenvalue weighted by atomic mass is 79.9. The second-order valence-corrected chi connectivity index (χ2v) is 9.51. The number of nitrogens with one attached hydrogen (secondary N) is 2. The lowest BCUT2D eigenvalue weighted by molar-refractivity contribution is 0.0322. The maximum Gasteiger partial charge on any atom is 0.411 e. The number of imidazole rings is 1. The van der Waals surface area contributed by atoms with E-state index in [4.69, 9.17) is 14.5 Å². The Balaban J connectivity index is 1.42. The van der Waals surface area contributed by atoms with Crippen LogP contribution < -0.4 is 10.1 Å². The van der Waals surface area contributed by atoms with Crippen LogP contribution in [0.25, 0.3) is 33.9 Å². The summed E-state index contributed by atoms with van der Waals surface area (Å²) in [6.07, 6.45) is 1.23. The Morgan fingerprint density at radius 3 is 2.66 bits per heavy atom. The van der Waals surface area contributed by atoms with E-state index in [1.54, 1.807) is 18.3 Å². The molecule has 0 radical (unpaired) electrons. The third-order valence-corrected chi connectivity index (χ3v) is 6.63. The summed E-state index contributed by atoms with van der Waals surface area (Å²) in [6.45, 7) is 4.88. The molecule has 10 heteroatoms. The number of aromatic nitrogens is 3. The number of hydrogen-bond acceptors (Lipinski definition) is 7. The number of carbonyl (C=O) groups excluding carboxylic acids is 1. The molecule has 4 aromatic rings. The molecule has 2 aromatic heterocycles. The highest BCUT2D eigenvalue weighted by molar-refractivity contribution is 9.10. The number of aromatic amines is 1. The van der Waals surface area contributed by atoms with Gasteiger partial charge >= 0.3 is 6.09 Å². The summed E-state index contributed by atoms with van der Waals surface area (Å²) in [6, 6.07) is 19.3. The van der Waals surface area contributed by atoms with E-state index in [1.165, 1.54) is 7.11 Å². The molecule has 1 saturated heterocycles. The molecular formula is C28H28BrN5O4. The van der Waals surface area contributed by atoms with Crippen LogP contribution in [0.3, 0.4) is 0 Å². The summed E-state index contributed by atoms with van der Waals surface area (Å²) in [5, 5.41) is 2.66. The molecule has 0 bridgehead atoms. The number of carbonyl (C=O) groups is 1. The molecule has 1 fully saturated rings. The van der Waals surface area contributed by atoms with Crippen LogP contribution in [0.4, 0.5) is 10.5 Å². The van der Waals surface area contributed by atoms with Crippen LogP contribution in [0.5, 0.6) is 5.75 Å². The lowest BCUT2D eigenvalue weighted by Gasteiger charge is -2.26. The molecule has 5 rings (SSSR count). The SMILES string of the molecule is COC(=O)Nc1ccc(-c2nc(-c3cccc(OCCN4CCOCC4)c3)c(-c3ccnc(Br)c3)[nH]2)cc1. The van der Waals surface area contributed by atoms with Gasteiger partial charge in [0, 0.05) is 48.2 Å². The number of H-pyrrole nitrogens is 1. The average Bonchev–Trinajstić information content (AvgIpc) is 3.40. The first kappa shape index (κ1) is 25.9. The van der Waals surface area contributed by atoms with Crippen LogP contribution in [0, 0.1) is 0 Å². The number of rotatable bonds is 8. The first-order valence-electron chi connectivity index (χ1n) is 12.3. The Hall–Kier alpha value is -3.73. The summed E-state index contributed by atoms with van der Waals surface area (Å²) in [5.41, 5.74) is 5.05. The lowest BCUT2D eigenvalue weighted by Crippen LogP contribution is -2.38. The van der Waals surface area contributed by atoms with E-state index in [0.717, 1.165) is 71.3 Å². The molecule has 0 atom stereocenters. The lowest BCUT2D eigenvalue weighted by atomic mass is 10.1. The zero-order valence-corrected chi connectivity index (χ0v) is 22.5. The first-order valence-corrected chi connectivity index (χ1v) is 13.1. The molecule has 0 unspecified atom stereocenters. The van der Waals surface area contributed by atoms with Gasteiger partial charge in [-0.1, -0.05) is 12.1 Å². The van der Waals surface area contributed by atoms with Crippen molar-refractivity contribution in [3.8, 4) is 39.7 Å². The molecule has 9 nitrogen and oxygen atoms in total. The number of nitrogens with zero attached hydrogens (tertiary/aromatic N) is 3. The largest absolute Gasteiger partial charge is 0.492 e. The van der Waals surface area contributed by atoms with Crippen molar-refractivity contribution in [2.75, 3.05) is 51.9 Å². The topological polar surface area (TPSA) is 102 Å². The highest BCUT2D eigenvalue weighted by Gasteiger charge is 2.17. The maximum absolute atomic E-state index is 11.5. The summed E-state index contributed by atoms with van der Waals surface area (Å²) >= 11 is 3.48. The van der Waals surface area contributed by atoms with E-state index in [2.05, 4.69) is 40.9 Å². The number of anilines is 1. The molecule has 2 aromatic carbocycles. The molecule has 3 heterocycles. The molecule has 1 amide bonds. The molecule has 38 heavy (non-hydrogen) atoms. The van der Waals surface area contributed by atoms with Crippen molar-refractivity contribution in [2.24, 2.45) is 0 Å². The van der Waals surface area contributed by atoms with Crippen molar-refractivity contribution < 1.29 is 19.0 Å². The number of hydrogen-bond donors (Lipinski definition) is 2. The van der Waals surface area contributed by atoms with Crippen LogP contribution in [-0.2, 0) is 9.47 Å². The van der Waals surface area contributed by atoms with Crippen LogP contribution >= 0.6 is 15.9 Å². The minimum atomic E-state index is -0.518. The van der Waals surface area contributed by atoms with Gasteiger partial charge in [0.25, 0.3) is 0 Å². The Morgan fingerprint density at radius 1 is 1.08 bits per heavy atom. The van der Waals surface area contributed by atoms with Gasteiger partial charge < -0.3 is 19.2 Å². The Labute approximate surface area is 229 Å². The second kappa shape index (κ2) is 12.2. The fourth-order valence-corrected chi connectivity index (χ4v) is 4.58. The fourth-order valence-electron chi connectivity index (χ4n) is 4.22. The average molecular weight is 578 g/mol. The number of ether oxygens (including phenoxy) is 3. The fraction of sp³-hybridized carbons (Fsp3) is 0.250. The molecular weight excluding hydrogens is 550 g/mol. The molecule has 1 aliphatic rings. The van der Waals surface area contributed by atoms with E-state index in [1.807, 2.05) is 48.5 Å². The predicted molar refractivity (Wildman–Crippen MR) is 149 cm³/mol. The summed E-state index contributed by atoms with van der Waals surface area (Å²) in [5.74, 6) is 1.49. The van der Waals surface area contributed by atoms with E-state index in [0.29, 0.717) is 18.1 Å². The summed E-state index contributed by atoms with van der Waals surface area (Å²) < 4.78 is 16.9. The third-order valence-electron chi connectivity index (χ3n) is 6.20. The van der Waals surface area contributed by atoms with Gasteiger partial charge in [0.1, 0.15) is 22.8 Å². The van der Waals surface area contributed by atoms with Crippen LogP contribution in [0.1, 0.15) is 0 Å². The van der Waals surface area contributed by atoms with E-state index in [-0.39, 0.29) is 0 Å². The van der Waals surface area contributed by atoms with Crippen LogP contribution in [0.15, 0.2) is 71.5 Å². The standard InChI is InChI=1S/C28H28BrN5O4/c1-36-28(35)31-22-7-5-19(6-8-22)27-32-25(26(33-27)21-9-10-30-24(29)18-21)20-3-2-4-23(17-20)38-16-13-34-11-14-37-15-12-34/h2-10,17-18H,11-16H2,1H3,(H,31,35)(H,32,33). The van der Waals surface area contributed by atoms with Gasteiger partial charge in [-0.3, -0.25) is 10.2 Å². The predicted octanol–water partition coefficient (Wildman–Crippen LogP) is 5.46. The highest BCUT2D eigenvalue weighted by Crippen LogP contribution is 2.35. The molecule has 0 saturated carbocycles. The van der Waals surface area contributed by atoms with Crippen molar-refractivity contribution in [1.29, 1.82) is 0 Å². The quantitative estimate of drug-likeness (QED) is 0.268. The minimum Gasteiger partial charge on any atom is -0.492 e. The normalized spacial score (nSPS) is 13.7. The second-order valence-electron chi connectivity index (χ2n) is 8.70. The van der Waals surface area contributed by atoms with Crippen molar-refractivity contribution in [3.05, 3.63) is 71.5 Å². The molecule has 2 N–H and O–H groups in total. The van der Waals surface area contributed by atoms with Gasteiger partial charge in [-0.15, -0.1) is 0 Å². The van der Waals surface area contributed by atoms with Gasteiger partial charge in [-0.05, 0) is 64.5 Å². The van der Waals surface area contributed by atoms with E-state index in [9.17, 15) is 4.79 Å². The van der Waals surface area contributed by atoms with Gasteiger partial charge in [-0.2, -0.15) is 0 Å². The van der Waals surface area contributed by atoms with E-state index >= 15 is 0 Å². The van der Waals surface area contributed by atoms with Gasteiger partial charge in [-0.25, -0.2) is 14.8 Å². The Bertz CT molecular complexity index is 1390. The van der Waals surface area contributed by atoms with Crippen molar-refractivity contribution in [1.82, 2.24) is 19.9 Å². The Morgan fingerprint density at radius 2 is 1.89 bits per heavy atom. The maximum atomic E-state index is 11.5. The van der Waals surface area contributed by atoms with Crippen LogP contribution in [0.2, 0.25) is 0 Å². The molecule has 0 aliphatic carbocycles. The van der Waals surface area contributed by atoms with Gasteiger partial charge in [0.05, 0.1) is 31.7 Å². The Kier molecular flexibility index (Phi) is 8.32. The number of benzene rings is 2. The molecule has 1 aliphatic heterocycles. The number of halogens is 1. The third kappa shape index (κ3) is 6.39.